The molecule has 0 aliphatic carbocycles. The summed E-state index contributed by atoms with van der Waals surface area (Å²) >= 11 is 0. The van der Waals surface area contributed by atoms with Crippen molar-refractivity contribution >= 4 is 23.8 Å². The predicted octanol–water partition coefficient (Wildman–Crippen LogP) is 2.05. The molecule has 12 nitrogen and oxygen atoms in total. The number of hydrogen-bond donors (Lipinski definition) is 5. The number of nitrogens with zero attached hydrogens (tertiary/aromatic N) is 2. The molecule has 1 fully saturated rings. The van der Waals surface area contributed by atoms with Gasteiger partial charge in [0.15, 0.2) is 5.60 Å². The molecule has 0 aromatic heterocycles. The molecule has 234 valence electrons. The Bertz CT molecular complexity index is 1320. The van der Waals surface area contributed by atoms with Gasteiger partial charge >= 0.3 is 17.9 Å². The average Bonchev–Trinajstić information content (AvgIpc) is 3.28. The van der Waals surface area contributed by atoms with Gasteiger partial charge in [-0.25, -0.2) is 9.18 Å². The maximum Gasteiger partial charge on any atom is 0.336 e. The second kappa shape index (κ2) is 13.9. The maximum atomic E-state index is 14.2. The van der Waals surface area contributed by atoms with Crippen molar-refractivity contribution in [2.45, 2.75) is 49.9 Å². The summed E-state index contributed by atoms with van der Waals surface area (Å²) in [4.78, 5) is 47.1. The molecular weight excluding hydrogens is 567 g/mol. The molecule has 2 aliphatic heterocycles. The van der Waals surface area contributed by atoms with E-state index in [0.717, 1.165) is 25.9 Å². The molecule has 1 saturated heterocycles. The summed E-state index contributed by atoms with van der Waals surface area (Å²) in [5.74, 6) is -5.80. The summed E-state index contributed by atoms with van der Waals surface area (Å²) in [5.41, 5.74) is -0.0153. The highest BCUT2D eigenvalue weighted by molar-refractivity contribution is 5.88. The first-order chi connectivity index (χ1) is 20.2. The SMILES string of the molecule is CN(C)C(=O)C(Cc1cc(O)ccc1F)CN1CCC2(CC1)OCc1ccccc12.O=C(O)CC(O)(CC(=O)O)C(=O)O. The summed E-state index contributed by atoms with van der Waals surface area (Å²) in [6, 6.07) is 12.4. The number of rotatable bonds is 10. The number of ether oxygens (including phenoxy) is 1. The summed E-state index contributed by atoms with van der Waals surface area (Å²) in [5, 5.41) is 43.5. The van der Waals surface area contributed by atoms with Gasteiger partial charge in [0.25, 0.3) is 0 Å². The van der Waals surface area contributed by atoms with E-state index < -0.39 is 42.2 Å². The van der Waals surface area contributed by atoms with Crippen molar-refractivity contribution in [3.63, 3.8) is 0 Å². The molecule has 43 heavy (non-hydrogen) atoms. The van der Waals surface area contributed by atoms with Crippen LogP contribution >= 0.6 is 0 Å². The Kier molecular flexibility index (Phi) is 10.8. The van der Waals surface area contributed by atoms with Crippen LogP contribution in [0.5, 0.6) is 5.75 Å². The van der Waals surface area contributed by atoms with Crippen LogP contribution in [0.3, 0.4) is 0 Å². The fourth-order valence-electron chi connectivity index (χ4n) is 5.50. The lowest BCUT2D eigenvalue weighted by molar-refractivity contribution is -0.170. The maximum absolute atomic E-state index is 14.2. The minimum atomic E-state index is -2.74. The van der Waals surface area contributed by atoms with Gasteiger partial charge in [0.2, 0.25) is 5.91 Å². The topological polar surface area (TPSA) is 185 Å². The molecule has 2 aromatic rings. The van der Waals surface area contributed by atoms with Crippen LogP contribution in [-0.4, -0.2) is 98.5 Å². The number of phenolic OH excluding ortho intramolecular Hbond substituents is 1. The van der Waals surface area contributed by atoms with Crippen LogP contribution in [-0.2, 0) is 42.5 Å². The Hall–Kier alpha value is -4.07. The number of phenols is 1. The molecule has 0 bridgehead atoms. The van der Waals surface area contributed by atoms with Crippen LogP contribution in [0.1, 0.15) is 42.4 Å². The molecule has 0 radical (unpaired) electrons. The van der Waals surface area contributed by atoms with Crippen molar-refractivity contribution in [2.24, 2.45) is 5.92 Å². The van der Waals surface area contributed by atoms with Crippen molar-refractivity contribution < 1.29 is 53.8 Å². The van der Waals surface area contributed by atoms with E-state index in [-0.39, 0.29) is 29.6 Å². The van der Waals surface area contributed by atoms with Crippen molar-refractivity contribution in [3.05, 3.63) is 65.0 Å². The first kappa shape index (κ1) is 33.4. The zero-order valence-electron chi connectivity index (χ0n) is 24.0. The van der Waals surface area contributed by atoms with Gasteiger partial charge in [-0.15, -0.1) is 0 Å². The van der Waals surface area contributed by atoms with E-state index in [4.69, 9.17) is 25.2 Å². The number of aliphatic hydroxyl groups is 1. The number of carbonyl (C=O) groups excluding carboxylic acids is 1. The van der Waals surface area contributed by atoms with Gasteiger partial charge in [0.1, 0.15) is 11.6 Å². The van der Waals surface area contributed by atoms with Gasteiger partial charge in [0.05, 0.1) is 31.0 Å². The first-order valence-electron chi connectivity index (χ1n) is 13.7. The highest BCUT2D eigenvalue weighted by Gasteiger charge is 2.43. The van der Waals surface area contributed by atoms with Gasteiger partial charge in [-0.05, 0) is 54.2 Å². The number of amides is 1. The number of likely N-dealkylation sites (tertiary alicyclic amines) is 1. The van der Waals surface area contributed by atoms with Gasteiger partial charge in [0, 0.05) is 33.7 Å². The Balaban J connectivity index is 0.000000331. The molecule has 1 spiro atoms. The molecule has 1 atom stereocenters. The van der Waals surface area contributed by atoms with Crippen LogP contribution in [0.25, 0.3) is 0 Å². The van der Waals surface area contributed by atoms with E-state index in [1.165, 1.54) is 29.3 Å². The summed E-state index contributed by atoms with van der Waals surface area (Å²) in [6.07, 6.45) is -0.262. The smallest absolute Gasteiger partial charge is 0.336 e. The van der Waals surface area contributed by atoms with E-state index in [2.05, 4.69) is 23.1 Å². The lowest BCUT2D eigenvalue weighted by atomic mass is 9.83. The van der Waals surface area contributed by atoms with Crippen molar-refractivity contribution in [1.29, 1.82) is 0 Å². The molecule has 4 rings (SSSR count). The van der Waals surface area contributed by atoms with E-state index in [9.17, 15) is 28.7 Å². The number of carboxylic acid groups (broad SMARTS) is 3. The highest BCUT2D eigenvalue weighted by Crippen LogP contribution is 2.44. The number of benzene rings is 2. The van der Waals surface area contributed by atoms with E-state index in [0.29, 0.717) is 18.7 Å². The quantitative estimate of drug-likeness (QED) is 0.267. The second-order valence-electron chi connectivity index (χ2n) is 11.1. The number of carboxylic acids is 3. The molecule has 2 heterocycles. The van der Waals surface area contributed by atoms with Crippen LogP contribution < -0.4 is 0 Å². The number of aromatic hydroxyl groups is 1. The number of hydrogen-bond acceptors (Lipinski definition) is 8. The number of carbonyl (C=O) groups is 4. The molecule has 1 amide bonds. The molecule has 0 saturated carbocycles. The number of aliphatic carboxylic acids is 3. The predicted molar refractivity (Wildman–Crippen MR) is 150 cm³/mol. The van der Waals surface area contributed by atoms with Crippen molar-refractivity contribution in [1.82, 2.24) is 9.80 Å². The van der Waals surface area contributed by atoms with Crippen LogP contribution in [0, 0.1) is 11.7 Å². The fourth-order valence-corrected chi connectivity index (χ4v) is 5.50. The lowest BCUT2D eigenvalue weighted by Crippen LogP contribution is -2.46. The van der Waals surface area contributed by atoms with Crippen molar-refractivity contribution in [2.75, 3.05) is 33.7 Å². The first-order valence-corrected chi connectivity index (χ1v) is 13.7. The molecule has 13 heteroatoms. The van der Waals surface area contributed by atoms with Gasteiger partial charge in [-0.1, -0.05) is 24.3 Å². The molecule has 5 N–H and O–H groups in total. The third-order valence-corrected chi connectivity index (χ3v) is 7.73. The normalized spacial score (nSPS) is 16.5. The summed E-state index contributed by atoms with van der Waals surface area (Å²) in [6.45, 7) is 2.88. The summed E-state index contributed by atoms with van der Waals surface area (Å²) in [7, 11) is 3.45. The van der Waals surface area contributed by atoms with E-state index in [1.54, 1.807) is 19.0 Å². The van der Waals surface area contributed by atoms with E-state index in [1.807, 2.05) is 6.07 Å². The molecule has 2 aliphatic rings. The largest absolute Gasteiger partial charge is 0.508 e. The average molecular weight is 605 g/mol. The second-order valence-corrected chi connectivity index (χ2v) is 11.1. The zero-order valence-corrected chi connectivity index (χ0v) is 24.0. The highest BCUT2D eigenvalue weighted by atomic mass is 19.1. The van der Waals surface area contributed by atoms with Gasteiger partial charge in [-0.2, -0.15) is 0 Å². The number of fused-ring (bicyclic) bond motifs is 2. The van der Waals surface area contributed by atoms with E-state index >= 15 is 0 Å². The third kappa shape index (κ3) is 8.49. The lowest BCUT2D eigenvalue weighted by Gasteiger charge is -2.40. The summed E-state index contributed by atoms with van der Waals surface area (Å²) < 4.78 is 20.5. The Morgan fingerprint density at radius 2 is 1.63 bits per heavy atom. The third-order valence-electron chi connectivity index (χ3n) is 7.73. The van der Waals surface area contributed by atoms with Crippen LogP contribution in [0.15, 0.2) is 42.5 Å². The van der Waals surface area contributed by atoms with Crippen LogP contribution in [0.2, 0.25) is 0 Å². The zero-order chi connectivity index (χ0) is 31.9. The minimum Gasteiger partial charge on any atom is -0.508 e. The molecule has 2 aromatic carbocycles. The fraction of sp³-hybridized carbons (Fsp3) is 0.467. The number of piperidine rings is 1. The van der Waals surface area contributed by atoms with Crippen LogP contribution in [0.4, 0.5) is 4.39 Å². The van der Waals surface area contributed by atoms with Gasteiger partial charge in [-0.3, -0.25) is 14.4 Å². The Labute approximate surface area is 247 Å². The van der Waals surface area contributed by atoms with Crippen molar-refractivity contribution in [3.8, 4) is 5.75 Å². The molecule has 1 unspecified atom stereocenters. The van der Waals surface area contributed by atoms with Gasteiger partial charge < -0.3 is 40.1 Å². The Morgan fingerprint density at radius 1 is 1.02 bits per heavy atom. The Morgan fingerprint density at radius 3 is 2.19 bits per heavy atom. The molecular formula is C30H37FN2O10. The standard InChI is InChI=1S/C24H29FN2O3.C6H8O7/c1-26(2)23(29)19(13-18-14-20(28)7-8-22(18)25)15-27-11-9-24(10-12-27)21-6-4-3-5-17(21)16-30-24;7-3(8)1-6(13,5(11)12)2-4(9)10/h3-8,14,19,28H,9-13,15-16H2,1-2H3;13H,1-2H2,(H,7,8)(H,9,10)(H,11,12). The monoisotopic (exact) mass is 604 g/mol. The minimum absolute atomic E-state index is 0.0133. The number of halogens is 1.